The fourth-order valence-corrected chi connectivity index (χ4v) is 4.19. The average molecular weight is 342 g/mol. The molecule has 0 radical (unpaired) electrons. The second-order valence-electron chi connectivity index (χ2n) is 6.23. The molecule has 0 atom stereocenters. The Labute approximate surface area is 149 Å². The predicted molar refractivity (Wildman–Crippen MR) is 106 cm³/mol. The van der Waals surface area contributed by atoms with Gasteiger partial charge in [0.25, 0.3) is 0 Å². The van der Waals surface area contributed by atoms with E-state index < -0.39 is 0 Å². The van der Waals surface area contributed by atoms with Crippen LogP contribution in [0.25, 0.3) is 0 Å². The van der Waals surface area contributed by atoms with Crippen molar-refractivity contribution in [2.75, 3.05) is 10.6 Å². The Morgan fingerprint density at radius 2 is 1.79 bits per heavy atom. The number of fused-ring (bicyclic) bond motifs is 1. The van der Waals surface area contributed by atoms with Gasteiger partial charge in [0.1, 0.15) is 5.84 Å². The van der Waals surface area contributed by atoms with Crippen LogP contribution >= 0.6 is 11.3 Å². The molecule has 2 aromatic rings. The highest BCUT2D eigenvalue weighted by Crippen LogP contribution is 2.39. The largest absolute Gasteiger partial charge is 0.371 e. The van der Waals surface area contributed by atoms with E-state index >= 15 is 0 Å². The number of nitrogens with zero attached hydrogens (tertiary/aromatic N) is 1. The highest BCUT2D eigenvalue weighted by molar-refractivity contribution is 7.07. The Hall–Kier alpha value is -1.81. The molecule has 4 rings (SSSR count). The van der Waals surface area contributed by atoms with Gasteiger partial charge in [-0.15, -0.1) is 0 Å². The maximum Gasteiger partial charge on any atom is 0.127 e. The molecular weight excluding hydrogens is 314 g/mol. The molecule has 2 N–H and O–H groups in total. The molecule has 1 saturated carbocycles. The average Bonchev–Trinajstić information content (AvgIpc) is 3.16. The molecule has 1 aromatic carbocycles. The molecule has 24 heavy (non-hydrogen) atoms. The number of nitrogens with one attached hydrogen (secondary N) is 2. The van der Waals surface area contributed by atoms with Crippen LogP contribution in [-0.4, -0.2) is 11.4 Å². The van der Waals surface area contributed by atoms with Crippen LogP contribution in [-0.2, 0) is 6.54 Å². The SMILES string of the molecule is CC.c1ccc2c(c1)NC(=NCc1ccsc1)C1(CCCCC1)N2. The van der Waals surface area contributed by atoms with Crippen LogP contribution in [0.1, 0.15) is 51.5 Å². The zero-order chi connectivity index (χ0) is 16.8. The first kappa shape index (κ1) is 17.0. The number of rotatable bonds is 2. The molecule has 0 amide bonds. The van der Waals surface area contributed by atoms with Crippen LogP contribution in [0.2, 0.25) is 0 Å². The van der Waals surface area contributed by atoms with E-state index in [0.717, 1.165) is 30.9 Å². The van der Waals surface area contributed by atoms with E-state index in [-0.39, 0.29) is 5.54 Å². The van der Waals surface area contributed by atoms with Crippen LogP contribution in [0.15, 0.2) is 46.1 Å². The molecule has 1 aliphatic carbocycles. The van der Waals surface area contributed by atoms with Gasteiger partial charge in [-0.1, -0.05) is 45.2 Å². The van der Waals surface area contributed by atoms with Gasteiger partial charge >= 0.3 is 0 Å². The molecule has 3 nitrogen and oxygen atoms in total. The van der Waals surface area contributed by atoms with Gasteiger partial charge in [-0.05, 0) is 47.4 Å². The molecule has 1 spiro atoms. The predicted octanol–water partition coefficient (Wildman–Crippen LogP) is 5.91. The molecule has 0 bridgehead atoms. The Balaban J connectivity index is 0.000000815. The molecule has 0 unspecified atom stereocenters. The normalized spacial score (nSPS) is 19.7. The summed E-state index contributed by atoms with van der Waals surface area (Å²) in [6.07, 6.45) is 6.21. The molecule has 1 fully saturated rings. The third-order valence-electron chi connectivity index (χ3n) is 4.71. The Morgan fingerprint density at radius 1 is 1.04 bits per heavy atom. The molecule has 0 saturated heterocycles. The quantitative estimate of drug-likeness (QED) is 0.712. The third kappa shape index (κ3) is 3.48. The third-order valence-corrected chi connectivity index (χ3v) is 5.45. The van der Waals surface area contributed by atoms with Crippen molar-refractivity contribution in [3.05, 3.63) is 46.7 Å². The minimum absolute atomic E-state index is 0.00260. The van der Waals surface area contributed by atoms with Gasteiger partial charge in [-0.25, -0.2) is 0 Å². The number of thiophene rings is 1. The van der Waals surface area contributed by atoms with Gasteiger partial charge in [-0.2, -0.15) is 11.3 Å². The Morgan fingerprint density at radius 3 is 2.50 bits per heavy atom. The zero-order valence-corrected chi connectivity index (χ0v) is 15.5. The molecular formula is C20H27N3S. The first-order valence-corrected chi connectivity index (χ1v) is 10.0. The number of para-hydroxylation sites is 2. The fourth-order valence-electron chi connectivity index (χ4n) is 3.53. The van der Waals surface area contributed by atoms with Gasteiger partial charge in [0, 0.05) is 0 Å². The molecule has 1 aromatic heterocycles. The highest BCUT2D eigenvalue weighted by atomic mass is 32.1. The molecule has 128 valence electrons. The lowest BCUT2D eigenvalue weighted by Gasteiger charge is -2.44. The van der Waals surface area contributed by atoms with Crippen LogP contribution in [0.3, 0.4) is 0 Å². The monoisotopic (exact) mass is 341 g/mol. The zero-order valence-electron chi connectivity index (χ0n) is 14.6. The van der Waals surface area contributed by atoms with Crippen molar-refractivity contribution in [1.29, 1.82) is 0 Å². The van der Waals surface area contributed by atoms with Gasteiger partial charge in [0.2, 0.25) is 0 Å². The summed E-state index contributed by atoms with van der Waals surface area (Å²) in [6.45, 7) is 4.76. The number of amidine groups is 1. The van der Waals surface area contributed by atoms with Crippen molar-refractivity contribution >= 4 is 28.5 Å². The van der Waals surface area contributed by atoms with Crippen LogP contribution < -0.4 is 10.6 Å². The Kier molecular flexibility index (Phi) is 5.56. The summed E-state index contributed by atoms with van der Waals surface area (Å²) >= 11 is 1.74. The van der Waals surface area contributed by atoms with E-state index in [1.807, 2.05) is 13.8 Å². The summed E-state index contributed by atoms with van der Waals surface area (Å²) in [5.41, 5.74) is 3.65. The van der Waals surface area contributed by atoms with Crippen molar-refractivity contribution in [2.24, 2.45) is 4.99 Å². The van der Waals surface area contributed by atoms with E-state index in [9.17, 15) is 0 Å². The van der Waals surface area contributed by atoms with E-state index in [1.54, 1.807) is 11.3 Å². The lowest BCUT2D eigenvalue weighted by atomic mass is 9.79. The van der Waals surface area contributed by atoms with Crippen molar-refractivity contribution in [1.82, 2.24) is 0 Å². The maximum absolute atomic E-state index is 4.95. The number of hydrogen-bond donors (Lipinski definition) is 2. The summed E-state index contributed by atoms with van der Waals surface area (Å²) in [5.74, 6) is 1.12. The Bertz CT molecular complexity index is 670. The number of aliphatic imine (C=N–C) groups is 1. The van der Waals surface area contributed by atoms with Crippen molar-refractivity contribution in [3.63, 3.8) is 0 Å². The van der Waals surface area contributed by atoms with Crippen LogP contribution in [0, 0.1) is 0 Å². The summed E-state index contributed by atoms with van der Waals surface area (Å²) in [4.78, 5) is 4.95. The minimum atomic E-state index is 0.00260. The topological polar surface area (TPSA) is 36.4 Å². The van der Waals surface area contributed by atoms with Gasteiger partial charge in [0.15, 0.2) is 0 Å². The molecule has 2 heterocycles. The second kappa shape index (κ2) is 7.84. The van der Waals surface area contributed by atoms with Crippen molar-refractivity contribution in [2.45, 2.75) is 58.0 Å². The number of anilines is 2. The van der Waals surface area contributed by atoms with E-state index in [0.29, 0.717) is 0 Å². The summed E-state index contributed by atoms with van der Waals surface area (Å²) in [7, 11) is 0. The van der Waals surface area contributed by atoms with E-state index in [1.165, 1.54) is 30.5 Å². The van der Waals surface area contributed by atoms with Gasteiger partial charge in [0.05, 0.1) is 23.5 Å². The minimum Gasteiger partial charge on any atom is -0.371 e. The standard InChI is InChI=1S/C18H21N3S.C2H6/c1-4-9-18(10-5-1)17(19-12-14-8-11-22-13-14)20-15-6-2-3-7-16(15)21-18;1-2/h2-3,6-8,11,13,21H,1,4-5,9-10,12H2,(H,19,20);1-2H3. The van der Waals surface area contributed by atoms with Crippen LogP contribution in [0.4, 0.5) is 11.4 Å². The number of hydrogen-bond acceptors (Lipinski definition) is 3. The maximum atomic E-state index is 4.95. The summed E-state index contributed by atoms with van der Waals surface area (Å²) < 4.78 is 0. The van der Waals surface area contributed by atoms with E-state index in [4.69, 9.17) is 4.99 Å². The number of benzene rings is 1. The summed E-state index contributed by atoms with van der Waals surface area (Å²) in [5, 5.41) is 11.7. The van der Waals surface area contributed by atoms with Crippen LogP contribution in [0.5, 0.6) is 0 Å². The van der Waals surface area contributed by atoms with Crippen molar-refractivity contribution < 1.29 is 0 Å². The fraction of sp³-hybridized carbons (Fsp3) is 0.450. The van der Waals surface area contributed by atoms with Gasteiger partial charge in [-0.3, -0.25) is 4.99 Å². The lowest BCUT2D eigenvalue weighted by Crippen LogP contribution is -2.53. The lowest BCUT2D eigenvalue weighted by molar-refractivity contribution is 0.403. The van der Waals surface area contributed by atoms with Crippen molar-refractivity contribution in [3.8, 4) is 0 Å². The van der Waals surface area contributed by atoms with E-state index in [2.05, 4.69) is 51.7 Å². The van der Waals surface area contributed by atoms with Gasteiger partial charge < -0.3 is 10.6 Å². The summed E-state index contributed by atoms with van der Waals surface area (Å²) in [6, 6.07) is 10.6. The highest BCUT2D eigenvalue weighted by Gasteiger charge is 2.40. The first-order valence-electron chi connectivity index (χ1n) is 9.06. The second-order valence-corrected chi connectivity index (χ2v) is 7.01. The molecule has 2 aliphatic rings. The molecule has 4 heteroatoms. The first-order chi connectivity index (χ1) is 11.9. The smallest absolute Gasteiger partial charge is 0.127 e. The molecule has 1 aliphatic heterocycles.